The predicted octanol–water partition coefficient (Wildman–Crippen LogP) is -0.239. The number of hydrogen-bond donors (Lipinski definition) is 0. The van der Waals surface area contributed by atoms with Crippen LogP contribution in [0, 0.1) is 0 Å². The van der Waals surface area contributed by atoms with Gasteiger partial charge >= 0.3 is 5.97 Å². The molecule has 8 nitrogen and oxygen atoms in total. The van der Waals surface area contributed by atoms with Crippen LogP contribution in [-0.4, -0.2) is 54.4 Å². The van der Waals surface area contributed by atoms with Gasteiger partial charge in [0.05, 0.1) is 13.5 Å². The van der Waals surface area contributed by atoms with Crippen molar-refractivity contribution in [1.29, 1.82) is 0 Å². The number of aryl methyl sites for hydroxylation is 1. The summed E-state index contributed by atoms with van der Waals surface area (Å²) < 4.78 is 31.1. The Hall–Kier alpha value is -1.00. The second-order valence-corrected chi connectivity index (χ2v) is 6.17. The Bertz CT molecular complexity index is 522. The van der Waals surface area contributed by atoms with Gasteiger partial charge in [-0.2, -0.15) is 4.31 Å². The van der Waals surface area contributed by atoms with Gasteiger partial charge in [0.2, 0.25) is 5.03 Å². The molecule has 0 aliphatic rings. The van der Waals surface area contributed by atoms with Crippen LogP contribution >= 0.6 is 15.9 Å². The largest absolute Gasteiger partial charge is 0.469 e. The molecular formula is C8H13BrN4O4S. The number of aromatic nitrogens is 3. The molecule has 102 valence electrons. The van der Waals surface area contributed by atoms with Gasteiger partial charge in [-0.1, -0.05) is 5.21 Å². The summed E-state index contributed by atoms with van der Waals surface area (Å²) in [5.74, 6) is -0.473. The maximum Gasteiger partial charge on any atom is 0.306 e. The van der Waals surface area contributed by atoms with E-state index in [9.17, 15) is 13.2 Å². The van der Waals surface area contributed by atoms with E-state index in [1.165, 1.54) is 21.2 Å². The molecule has 0 bridgehead atoms. The number of methoxy groups -OCH3 is 1. The molecule has 1 aromatic heterocycles. The van der Waals surface area contributed by atoms with Crippen molar-refractivity contribution in [3.8, 4) is 0 Å². The van der Waals surface area contributed by atoms with Gasteiger partial charge in [0.25, 0.3) is 10.0 Å². The van der Waals surface area contributed by atoms with Gasteiger partial charge in [0.15, 0.2) is 4.60 Å². The van der Waals surface area contributed by atoms with Crippen LogP contribution in [0.25, 0.3) is 0 Å². The SMILES string of the molecule is COC(=O)CCN(C)S(=O)(=O)c1c(Br)nnn1C. The number of ether oxygens (including phenoxy) is 1. The molecule has 0 unspecified atom stereocenters. The summed E-state index contributed by atoms with van der Waals surface area (Å²) in [6.07, 6.45) is -0.0187. The minimum atomic E-state index is -3.74. The minimum absolute atomic E-state index is 0.0187. The highest BCUT2D eigenvalue weighted by atomic mass is 79.9. The maximum absolute atomic E-state index is 12.2. The lowest BCUT2D eigenvalue weighted by Crippen LogP contribution is -2.31. The highest BCUT2D eigenvalue weighted by Crippen LogP contribution is 2.21. The molecule has 0 radical (unpaired) electrons. The van der Waals surface area contributed by atoms with E-state index < -0.39 is 16.0 Å². The standard InChI is InChI=1S/C8H13BrN4O4S/c1-12(5-4-6(14)17-3)18(15,16)8-7(9)10-11-13(8)2/h4-5H2,1-3H3. The fraction of sp³-hybridized carbons (Fsp3) is 0.625. The molecule has 0 atom stereocenters. The molecule has 0 fully saturated rings. The molecule has 10 heteroatoms. The maximum atomic E-state index is 12.2. The number of carbonyl (C=O) groups is 1. The van der Waals surface area contributed by atoms with Gasteiger partial charge in [-0.25, -0.2) is 13.1 Å². The topological polar surface area (TPSA) is 94.4 Å². The Kier molecular flexibility index (Phi) is 4.82. The smallest absolute Gasteiger partial charge is 0.306 e. The third-order valence-corrected chi connectivity index (χ3v) is 5.00. The van der Waals surface area contributed by atoms with E-state index in [1.807, 2.05) is 0 Å². The first-order valence-electron chi connectivity index (χ1n) is 4.89. The van der Waals surface area contributed by atoms with Crippen LogP contribution in [-0.2, 0) is 26.6 Å². The van der Waals surface area contributed by atoms with Crippen LogP contribution in [0.4, 0.5) is 0 Å². The first kappa shape index (κ1) is 15.1. The lowest BCUT2D eigenvalue weighted by Gasteiger charge is -2.16. The monoisotopic (exact) mass is 340 g/mol. The van der Waals surface area contributed by atoms with Crippen molar-refractivity contribution in [3.63, 3.8) is 0 Å². The summed E-state index contributed by atoms with van der Waals surface area (Å²) in [6, 6.07) is 0. The van der Waals surface area contributed by atoms with Crippen molar-refractivity contribution in [2.24, 2.45) is 7.05 Å². The molecule has 0 amide bonds. The Morgan fingerprint density at radius 1 is 1.56 bits per heavy atom. The molecule has 0 aromatic carbocycles. The van der Waals surface area contributed by atoms with E-state index in [1.54, 1.807) is 0 Å². The lowest BCUT2D eigenvalue weighted by molar-refractivity contribution is -0.140. The molecular weight excluding hydrogens is 328 g/mol. The average molecular weight is 341 g/mol. The molecule has 0 aliphatic heterocycles. The second kappa shape index (κ2) is 5.76. The molecule has 0 saturated heterocycles. The number of esters is 1. The van der Waals surface area contributed by atoms with Crippen LogP contribution in [0.1, 0.15) is 6.42 Å². The Labute approximate surface area is 113 Å². The Morgan fingerprint density at radius 2 is 2.17 bits per heavy atom. The van der Waals surface area contributed by atoms with Crippen LogP contribution in [0.15, 0.2) is 9.63 Å². The Balaban J connectivity index is 2.91. The van der Waals surface area contributed by atoms with Crippen molar-refractivity contribution in [3.05, 3.63) is 4.60 Å². The Morgan fingerprint density at radius 3 is 2.61 bits per heavy atom. The number of carbonyl (C=O) groups excluding carboxylic acids is 1. The zero-order valence-corrected chi connectivity index (χ0v) is 12.5. The van der Waals surface area contributed by atoms with Gasteiger partial charge < -0.3 is 4.74 Å². The van der Waals surface area contributed by atoms with E-state index in [4.69, 9.17) is 0 Å². The van der Waals surface area contributed by atoms with E-state index in [0.29, 0.717) is 0 Å². The van der Waals surface area contributed by atoms with Crippen molar-refractivity contribution < 1.29 is 17.9 Å². The molecule has 0 aliphatic carbocycles. The zero-order chi connectivity index (χ0) is 13.9. The van der Waals surface area contributed by atoms with Gasteiger partial charge in [-0.15, -0.1) is 5.10 Å². The molecule has 0 N–H and O–H groups in total. The number of sulfonamides is 1. The number of rotatable bonds is 5. The highest BCUT2D eigenvalue weighted by molar-refractivity contribution is 9.10. The number of halogens is 1. The average Bonchev–Trinajstić information content (AvgIpc) is 2.65. The molecule has 1 aromatic rings. The van der Waals surface area contributed by atoms with E-state index in [0.717, 1.165) is 8.99 Å². The van der Waals surface area contributed by atoms with Crippen molar-refractivity contribution in [1.82, 2.24) is 19.3 Å². The van der Waals surface area contributed by atoms with Crippen LogP contribution < -0.4 is 0 Å². The first-order valence-corrected chi connectivity index (χ1v) is 7.12. The van der Waals surface area contributed by atoms with Gasteiger partial charge in [-0.05, 0) is 15.9 Å². The van der Waals surface area contributed by atoms with E-state index in [2.05, 4.69) is 31.0 Å². The second-order valence-electron chi connectivity index (χ2n) is 3.46. The summed E-state index contributed by atoms with van der Waals surface area (Å²) >= 11 is 3.02. The third-order valence-electron chi connectivity index (χ3n) is 2.25. The summed E-state index contributed by atoms with van der Waals surface area (Å²) in [6.45, 7) is 0.0205. The molecule has 18 heavy (non-hydrogen) atoms. The van der Waals surface area contributed by atoms with Gasteiger partial charge in [0, 0.05) is 20.6 Å². The zero-order valence-electron chi connectivity index (χ0n) is 10.1. The lowest BCUT2D eigenvalue weighted by atomic mass is 10.4. The molecule has 1 rings (SSSR count). The van der Waals surface area contributed by atoms with E-state index >= 15 is 0 Å². The highest BCUT2D eigenvalue weighted by Gasteiger charge is 2.28. The first-order chi connectivity index (χ1) is 8.30. The predicted molar refractivity (Wildman–Crippen MR) is 65.2 cm³/mol. The van der Waals surface area contributed by atoms with Crippen molar-refractivity contribution >= 4 is 31.9 Å². The summed E-state index contributed by atoms with van der Waals surface area (Å²) in [5, 5.41) is 7.15. The van der Waals surface area contributed by atoms with E-state index in [-0.39, 0.29) is 22.6 Å². The van der Waals surface area contributed by atoms with Crippen LogP contribution in [0.2, 0.25) is 0 Å². The van der Waals surface area contributed by atoms with Crippen LogP contribution in [0.5, 0.6) is 0 Å². The minimum Gasteiger partial charge on any atom is -0.469 e. The molecule has 0 saturated carbocycles. The number of nitrogens with zero attached hydrogens (tertiary/aromatic N) is 4. The number of hydrogen-bond acceptors (Lipinski definition) is 6. The fourth-order valence-electron chi connectivity index (χ4n) is 1.22. The van der Waals surface area contributed by atoms with Crippen LogP contribution in [0.3, 0.4) is 0 Å². The molecule has 1 heterocycles. The fourth-order valence-corrected chi connectivity index (χ4v) is 3.41. The summed E-state index contributed by atoms with van der Waals surface area (Å²) in [4.78, 5) is 11.0. The van der Waals surface area contributed by atoms with Crippen molar-refractivity contribution in [2.45, 2.75) is 11.4 Å². The summed E-state index contributed by atoms with van der Waals surface area (Å²) in [5.41, 5.74) is 0. The van der Waals surface area contributed by atoms with Crippen molar-refractivity contribution in [2.75, 3.05) is 20.7 Å². The van der Waals surface area contributed by atoms with Gasteiger partial charge in [-0.3, -0.25) is 4.79 Å². The quantitative estimate of drug-likeness (QED) is 0.686. The summed E-state index contributed by atoms with van der Waals surface area (Å²) in [7, 11) is 0.348. The van der Waals surface area contributed by atoms with Gasteiger partial charge in [0.1, 0.15) is 0 Å². The molecule has 0 spiro atoms. The normalized spacial score (nSPS) is 11.8. The third kappa shape index (κ3) is 3.06.